The minimum atomic E-state index is -0.475. The zero-order chi connectivity index (χ0) is 8.27. The highest BCUT2D eigenvalue weighted by Gasteiger charge is 2.23. The lowest BCUT2D eigenvalue weighted by molar-refractivity contribution is 0.142. The van der Waals surface area contributed by atoms with E-state index in [1.54, 1.807) is 0 Å². The second kappa shape index (κ2) is 3.39. The number of carbonyl (C=O) groups is 1. The summed E-state index contributed by atoms with van der Waals surface area (Å²) in [7, 11) is 0. The largest absolute Gasteiger partial charge is 0.437 e. The van der Waals surface area contributed by atoms with Crippen LogP contribution in [0.15, 0.2) is 11.6 Å². The zero-order valence-electron chi connectivity index (χ0n) is 6.33. The quantitative estimate of drug-likeness (QED) is 0.568. The van der Waals surface area contributed by atoms with Gasteiger partial charge in [-0.2, -0.15) is 0 Å². The number of amides is 1. The molecule has 0 aromatic rings. The zero-order valence-corrected chi connectivity index (χ0v) is 6.33. The number of carbonyl (C=O) groups excluding carboxylic acids is 1. The molecule has 0 aromatic heterocycles. The summed E-state index contributed by atoms with van der Waals surface area (Å²) in [5, 5.41) is 10.7. The third-order valence-corrected chi connectivity index (χ3v) is 1.37. The molecule has 11 heavy (non-hydrogen) atoms. The van der Waals surface area contributed by atoms with Crippen LogP contribution in [0.1, 0.15) is 6.92 Å². The molecule has 1 atom stereocenters. The molecule has 0 aliphatic heterocycles. The van der Waals surface area contributed by atoms with Crippen molar-refractivity contribution >= 4 is 6.09 Å². The van der Waals surface area contributed by atoms with E-state index in [4.69, 9.17) is 9.84 Å². The third-order valence-electron chi connectivity index (χ3n) is 1.37. The number of ether oxygens (including phenoxy) is 1. The highest BCUT2D eigenvalue weighted by Crippen LogP contribution is 2.22. The minimum Gasteiger partial charge on any atom is -0.437 e. The molecule has 4 heteroatoms. The molecule has 0 bridgehead atoms. The van der Waals surface area contributed by atoms with Crippen LogP contribution in [0.5, 0.6) is 0 Å². The number of hydrogen-bond acceptors (Lipinski definition) is 3. The summed E-state index contributed by atoms with van der Waals surface area (Å²) in [5.74, 6) is 0. The van der Waals surface area contributed by atoms with Crippen molar-refractivity contribution in [1.82, 2.24) is 5.32 Å². The molecule has 0 aromatic carbocycles. The van der Waals surface area contributed by atoms with Gasteiger partial charge in [0.15, 0.2) is 0 Å². The lowest BCUT2D eigenvalue weighted by atomic mass is 10.5. The van der Waals surface area contributed by atoms with Crippen LogP contribution in [0.3, 0.4) is 0 Å². The molecular formula is C7H11NO3. The maximum absolute atomic E-state index is 10.7. The van der Waals surface area contributed by atoms with Crippen molar-refractivity contribution in [3.05, 3.63) is 11.6 Å². The van der Waals surface area contributed by atoms with Crippen molar-refractivity contribution < 1.29 is 14.6 Å². The van der Waals surface area contributed by atoms with E-state index in [1.807, 2.05) is 13.0 Å². The highest BCUT2D eigenvalue weighted by atomic mass is 16.6. The van der Waals surface area contributed by atoms with Crippen LogP contribution in [-0.2, 0) is 4.74 Å². The Bertz CT molecular complexity index is 188. The Balaban J connectivity index is 2.03. The van der Waals surface area contributed by atoms with Crippen LogP contribution in [0.25, 0.3) is 0 Å². The van der Waals surface area contributed by atoms with Gasteiger partial charge in [0.05, 0.1) is 6.61 Å². The average Bonchev–Trinajstić information content (AvgIpc) is 2.62. The molecule has 4 nitrogen and oxygen atoms in total. The second-order valence-corrected chi connectivity index (χ2v) is 2.39. The topological polar surface area (TPSA) is 58.6 Å². The van der Waals surface area contributed by atoms with E-state index >= 15 is 0 Å². The lowest BCUT2D eigenvalue weighted by Gasteiger charge is -2.03. The summed E-state index contributed by atoms with van der Waals surface area (Å²) in [5.41, 5.74) is 1.07. The summed E-state index contributed by atoms with van der Waals surface area (Å²) in [6.45, 7) is 2.07. The SMILES string of the molecule is CC1=CC1OC(=O)NCCO. The summed E-state index contributed by atoms with van der Waals surface area (Å²) < 4.78 is 4.82. The maximum Gasteiger partial charge on any atom is 0.408 e. The van der Waals surface area contributed by atoms with Crippen LogP contribution >= 0.6 is 0 Å². The first-order valence-electron chi connectivity index (χ1n) is 3.47. The fourth-order valence-electron chi connectivity index (χ4n) is 0.633. The lowest BCUT2D eigenvalue weighted by Crippen LogP contribution is -2.28. The third kappa shape index (κ3) is 2.59. The van der Waals surface area contributed by atoms with E-state index in [1.165, 1.54) is 0 Å². The van der Waals surface area contributed by atoms with Gasteiger partial charge in [-0.3, -0.25) is 0 Å². The fraction of sp³-hybridized carbons (Fsp3) is 0.571. The van der Waals surface area contributed by atoms with Crippen LogP contribution in [-0.4, -0.2) is 30.5 Å². The average molecular weight is 157 g/mol. The maximum atomic E-state index is 10.7. The van der Waals surface area contributed by atoms with E-state index in [9.17, 15) is 4.79 Å². The molecule has 0 saturated heterocycles. The molecule has 1 unspecified atom stereocenters. The van der Waals surface area contributed by atoms with Crippen molar-refractivity contribution in [2.24, 2.45) is 0 Å². The van der Waals surface area contributed by atoms with Crippen molar-refractivity contribution in [3.63, 3.8) is 0 Å². The van der Waals surface area contributed by atoms with Crippen molar-refractivity contribution in [2.45, 2.75) is 13.0 Å². The number of alkyl carbamates (subject to hydrolysis) is 1. The Hall–Kier alpha value is -1.03. The normalized spacial score (nSPS) is 20.5. The first-order valence-corrected chi connectivity index (χ1v) is 3.47. The molecule has 62 valence electrons. The second-order valence-electron chi connectivity index (χ2n) is 2.39. The summed E-state index contributed by atoms with van der Waals surface area (Å²) in [6, 6.07) is 0. The Labute approximate surface area is 64.9 Å². The molecular weight excluding hydrogens is 146 g/mol. The van der Waals surface area contributed by atoms with Gasteiger partial charge in [-0.15, -0.1) is 0 Å². The number of aliphatic hydroxyl groups excluding tert-OH is 1. The number of aliphatic hydroxyl groups is 1. The van der Waals surface area contributed by atoms with Crippen LogP contribution in [0.4, 0.5) is 4.79 Å². The first kappa shape index (κ1) is 8.07. The first-order chi connectivity index (χ1) is 5.24. The molecule has 0 saturated carbocycles. The molecule has 0 radical (unpaired) electrons. The monoisotopic (exact) mass is 157 g/mol. The van der Waals surface area contributed by atoms with E-state index in [0.717, 1.165) is 5.57 Å². The van der Waals surface area contributed by atoms with Crippen molar-refractivity contribution in [1.29, 1.82) is 0 Å². The van der Waals surface area contributed by atoms with Gasteiger partial charge in [0, 0.05) is 6.54 Å². The molecule has 0 spiro atoms. The molecule has 1 rings (SSSR count). The number of hydrogen-bond donors (Lipinski definition) is 2. The molecule has 0 fully saturated rings. The molecule has 0 heterocycles. The Morgan fingerprint density at radius 1 is 1.91 bits per heavy atom. The summed E-state index contributed by atoms with van der Waals surface area (Å²) in [4.78, 5) is 10.7. The smallest absolute Gasteiger partial charge is 0.408 e. The predicted octanol–water partition coefficient (Wildman–Crippen LogP) is 0.0334. The van der Waals surface area contributed by atoms with Gasteiger partial charge in [0.2, 0.25) is 0 Å². The molecule has 2 N–H and O–H groups in total. The van der Waals surface area contributed by atoms with Crippen molar-refractivity contribution in [3.8, 4) is 0 Å². The van der Waals surface area contributed by atoms with Gasteiger partial charge in [0.25, 0.3) is 0 Å². The molecule has 1 aliphatic rings. The Morgan fingerprint density at radius 3 is 3.00 bits per heavy atom. The minimum absolute atomic E-state index is 0.0633. The van der Waals surface area contributed by atoms with E-state index in [0.29, 0.717) is 0 Å². The van der Waals surface area contributed by atoms with Gasteiger partial charge in [0.1, 0.15) is 6.10 Å². The van der Waals surface area contributed by atoms with Gasteiger partial charge in [-0.25, -0.2) is 4.79 Å². The molecule has 1 amide bonds. The van der Waals surface area contributed by atoms with E-state index < -0.39 is 6.09 Å². The summed E-state index contributed by atoms with van der Waals surface area (Å²) >= 11 is 0. The summed E-state index contributed by atoms with van der Waals surface area (Å²) in [6.07, 6.45) is 1.27. The molecule has 1 aliphatic carbocycles. The van der Waals surface area contributed by atoms with Gasteiger partial charge >= 0.3 is 6.09 Å². The Morgan fingerprint density at radius 2 is 2.55 bits per heavy atom. The van der Waals surface area contributed by atoms with Gasteiger partial charge in [-0.1, -0.05) is 0 Å². The van der Waals surface area contributed by atoms with E-state index in [2.05, 4.69) is 5.32 Å². The van der Waals surface area contributed by atoms with Crippen LogP contribution < -0.4 is 5.32 Å². The van der Waals surface area contributed by atoms with Crippen LogP contribution in [0, 0.1) is 0 Å². The van der Waals surface area contributed by atoms with E-state index in [-0.39, 0.29) is 19.3 Å². The van der Waals surface area contributed by atoms with Crippen molar-refractivity contribution in [2.75, 3.05) is 13.2 Å². The number of nitrogens with one attached hydrogen (secondary N) is 1. The van der Waals surface area contributed by atoms with Crippen LogP contribution in [0.2, 0.25) is 0 Å². The van der Waals surface area contributed by atoms with Gasteiger partial charge in [-0.05, 0) is 18.6 Å². The number of rotatable bonds is 3. The Kier molecular flexibility index (Phi) is 2.48. The van der Waals surface area contributed by atoms with Gasteiger partial charge < -0.3 is 15.2 Å². The standard InChI is InChI=1S/C7H11NO3/c1-5-4-6(5)11-7(10)8-2-3-9/h4,6,9H,2-3H2,1H3,(H,8,10). The predicted molar refractivity (Wildman–Crippen MR) is 39.1 cm³/mol. The highest BCUT2D eigenvalue weighted by molar-refractivity contribution is 5.68. The fourth-order valence-corrected chi connectivity index (χ4v) is 0.633.